The second-order valence-electron chi connectivity index (χ2n) is 9.00. The molecule has 33 heavy (non-hydrogen) atoms. The lowest BCUT2D eigenvalue weighted by Gasteiger charge is -2.47. The Morgan fingerprint density at radius 2 is 2.09 bits per heavy atom. The SMILES string of the molecule is C=NC(=CC=CC)C1(CCNCc2cnc(C(F)(F)F)c(OC)c2)CCOC2(CCCC2)C1. The minimum Gasteiger partial charge on any atom is -0.494 e. The first kappa shape index (κ1) is 25.4. The third kappa shape index (κ3) is 6.03. The van der Waals surface area contributed by atoms with Gasteiger partial charge in [0.05, 0.1) is 12.7 Å². The van der Waals surface area contributed by atoms with Crippen LogP contribution in [0.25, 0.3) is 0 Å². The lowest BCUT2D eigenvalue weighted by atomic mass is 9.68. The van der Waals surface area contributed by atoms with Crippen molar-refractivity contribution in [2.75, 3.05) is 20.3 Å². The Bertz CT molecular complexity index is 876. The Hall–Kier alpha value is -2.19. The van der Waals surface area contributed by atoms with Crippen molar-refractivity contribution in [3.63, 3.8) is 0 Å². The molecule has 1 saturated heterocycles. The molecule has 0 aromatic carbocycles. The molecule has 1 unspecified atom stereocenters. The maximum Gasteiger partial charge on any atom is 0.437 e. The lowest BCUT2D eigenvalue weighted by Crippen LogP contribution is -2.45. The van der Waals surface area contributed by atoms with Crippen LogP contribution in [0, 0.1) is 5.41 Å². The minimum absolute atomic E-state index is 0.0807. The van der Waals surface area contributed by atoms with Gasteiger partial charge in [-0.05, 0) is 70.0 Å². The van der Waals surface area contributed by atoms with Gasteiger partial charge in [-0.3, -0.25) is 4.99 Å². The summed E-state index contributed by atoms with van der Waals surface area (Å²) in [5.74, 6) is -0.265. The number of nitrogens with zero attached hydrogens (tertiary/aromatic N) is 2. The Kier molecular flexibility index (Phi) is 8.34. The number of aromatic nitrogens is 1. The molecule has 0 bridgehead atoms. The molecule has 1 atom stereocenters. The van der Waals surface area contributed by atoms with E-state index in [-0.39, 0.29) is 16.8 Å². The molecule has 8 heteroatoms. The minimum atomic E-state index is -4.55. The van der Waals surface area contributed by atoms with Crippen molar-refractivity contribution in [3.8, 4) is 5.75 Å². The largest absolute Gasteiger partial charge is 0.494 e. The van der Waals surface area contributed by atoms with Gasteiger partial charge in [0.25, 0.3) is 0 Å². The smallest absolute Gasteiger partial charge is 0.437 e. The van der Waals surface area contributed by atoms with E-state index in [0.29, 0.717) is 25.3 Å². The average Bonchev–Trinajstić information content (AvgIpc) is 3.23. The number of pyridine rings is 1. The van der Waals surface area contributed by atoms with Gasteiger partial charge in [0.2, 0.25) is 0 Å². The third-order valence-electron chi connectivity index (χ3n) is 6.83. The number of rotatable bonds is 9. The zero-order valence-electron chi connectivity index (χ0n) is 19.5. The quantitative estimate of drug-likeness (QED) is 0.282. The van der Waals surface area contributed by atoms with Gasteiger partial charge in [-0.25, -0.2) is 4.98 Å². The first-order valence-electron chi connectivity index (χ1n) is 11.5. The van der Waals surface area contributed by atoms with E-state index in [1.807, 2.05) is 25.2 Å². The molecule has 1 aliphatic carbocycles. The van der Waals surface area contributed by atoms with Crippen molar-refractivity contribution in [1.82, 2.24) is 10.3 Å². The topological polar surface area (TPSA) is 55.7 Å². The fraction of sp³-hybridized carbons (Fsp3) is 0.600. The van der Waals surface area contributed by atoms with E-state index >= 15 is 0 Å². The van der Waals surface area contributed by atoms with Crippen LogP contribution in [0.15, 0.2) is 41.2 Å². The van der Waals surface area contributed by atoms with Crippen LogP contribution in [-0.2, 0) is 17.5 Å². The molecule has 2 fully saturated rings. The summed E-state index contributed by atoms with van der Waals surface area (Å²) in [5.41, 5.74) is 0.386. The molecule has 182 valence electrons. The summed E-state index contributed by atoms with van der Waals surface area (Å²) in [6.45, 7) is 7.59. The Morgan fingerprint density at radius 1 is 1.33 bits per heavy atom. The molecule has 2 aliphatic rings. The average molecular weight is 466 g/mol. The number of halogens is 3. The van der Waals surface area contributed by atoms with Gasteiger partial charge in [0.15, 0.2) is 5.69 Å². The zero-order chi connectivity index (χ0) is 24.0. The highest BCUT2D eigenvalue weighted by Gasteiger charge is 2.48. The summed E-state index contributed by atoms with van der Waals surface area (Å²) >= 11 is 0. The van der Waals surface area contributed by atoms with E-state index in [1.165, 1.54) is 32.2 Å². The number of aliphatic imine (C=N–C) groups is 1. The number of hydrogen-bond acceptors (Lipinski definition) is 5. The molecular weight excluding hydrogens is 431 g/mol. The molecule has 0 radical (unpaired) electrons. The summed E-state index contributed by atoms with van der Waals surface area (Å²) in [7, 11) is 1.22. The molecular formula is C25H34F3N3O2. The maximum absolute atomic E-state index is 13.1. The van der Waals surface area contributed by atoms with E-state index < -0.39 is 11.9 Å². The van der Waals surface area contributed by atoms with E-state index in [2.05, 4.69) is 22.0 Å². The lowest BCUT2D eigenvalue weighted by molar-refractivity contribution is -0.142. The van der Waals surface area contributed by atoms with Gasteiger partial charge < -0.3 is 14.8 Å². The van der Waals surface area contributed by atoms with Crippen molar-refractivity contribution in [1.29, 1.82) is 0 Å². The van der Waals surface area contributed by atoms with Crippen LogP contribution in [0.4, 0.5) is 13.2 Å². The Morgan fingerprint density at radius 3 is 2.73 bits per heavy atom. The summed E-state index contributed by atoms with van der Waals surface area (Å²) in [6.07, 6.45) is 9.88. The molecule has 2 heterocycles. The van der Waals surface area contributed by atoms with Crippen molar-refractivity contribution < 1.29 is 22.6 Å². The fourth-order valence-corrected chi connectivity index (χ4v) is 5.21. The van der Waals surface area contributed by atoms with Crippen LogP contribution < -0.4 is 10.1 Å². The highest BCUT2D eigenvalue weighted by molar-refractivity contribution is 5.34. The molecule has 5 nitrogen and oxygen atoms in total. The van der Waals surface area contributed by atoms with Crippen LogP contribution in [0.1, 0.15) is 63.1 Å². The monoisotopic (exact) mass is 465 g/mol. The summed E-state index contributed by atoms with van der Waals surface area (Å²) < 4.78 is 50.3. The van der Waals surface area contributed by atoms with Crippen LogP contribution in [0.2, 0.25) is 0 Å². The number of methoxy groups -OCH3 is 1. The molecule has 1 aliphatic heterocycles. The number of nitrogens with one attached hydrogen (secondary N) is 1. The third-order valence-corrected chi connectivity index (χ3v) is 6.83. The summed E-state index contributed by atoms with van der Waals surface area (Å²) in [5, 5.41) is 3.37. The van der Waals surface area contributed by atoms with E-state index in [4.69, 9.17) is 9.47 Å². The normalized spacial score (nSPS) is 23.4. The van der Waals surface area contributed by atoms with Gasteiger partial charge >= 0.3 is 6.18 Å². The first-order chi connectivity index (χ1) is 15.8. The summed E-state index contributed by atoms with van der Waals surface area (Å²) in [4.78, 5) is 7.99. The van der Waals surface area contributed by atoms with E-state index in [1.54, 1.807) is 0 Å². The van der Waals surface area contributed by atoms with Gasteiger partial charge in [0, 0.05) is 30.5 Å². The molecule has 0 amide bonds. The second-order valence-corrected chi connectivity index (χ2v) is 9.00. The molecule has 3 rings (SSSR count). The zero-order valence-corrected chi connectivity index (χ0v) is 19.5. The highest BCUT2D eigenvalue weighted by Crippen LogP contribution is 2.52. The van der Waals surface area contributed by atoms with Crippen molar-refractivity contribution in [3.05, 3.63) is 47.4 Å². The molecule has 1 N–H and O–H groups in total. The Balaban J connectivity index is 1.71. The predicted molar refractivity (Wildman–Crippen MR) is 123 cm³/mol. The van der Waals surface area contributed by atoms with Gasteiger partial charge in [-0.2, -0.15) is 13.2 Å². The molecule has 1 spiro atoms. The molecule has 1 saturated carbocycles. The van der Waals surface area contributed by atoms with Crippen LogP contribution in [0.5, 0.6) is 5.75 Å². The highest BCUT2D eigenvalue weighted by atomic mass is 19.4. The fourth-order valence-electron chi connectivity index (χ4n) is 5.21. The first-order valence-corrected chi connectivity index (χ1v) is 11.5. The maximum atomic E-state index is 13.1. The van der Waals surface area contributed by atoms with Crippen molar-refractivity contribution in [2.45, 2.75) is 70.2 Å². The predicted octanol–water partition coefficient (Wildman–Crippen LogP) is 5.86. The summed E-state index contributed by atoms with van der Waals surface area (Å²) in [6, 6.07) is 1.39. The second kappa shape index (κ2) is 10.8. The van der Waals surface area contributed by atoms with Gasteiger partial charge in [-0.15, -0.1) is 0 Å². The van der Waals surface area contributed by atoms with E-state index in [0.717, 1.165) is 37.8 Å². The van der Waals surface area contributed by atoms with Crippen molar-refractivity contribution >= 4 is 6.72 Å². The number of alkyl halides is 3. The van der Waals surface area contributed by atoms with Gasteiger partial charge in [0.1, 0.15) is 5.75 Å². The van der Waals surface area contributed by atoms with Gasteiger partial charge in [-0.1, -0.05) is 25.0 Å². The van der Waals surface area contributed by atoms with Crippen LogP contribution in [0.3, 0.4) is 0 Å². The van der Waals surface area contributed by atoms with Crippen LogP contribution in [-0.4, -0.2) is 37.6 Å². The molecule has 1 aromatic heterocycles. The van der Waals surface area contributed by atoms with Crippen LogP contribution >= 0.6 is 0 Å². The Labute approximate surface area is 194 Å². The molecule has 1 aromatic rings. The van der Waals surface area contributed by atoms with Crippen molar-refractivity contribution in [2.24, 2.45) is 10.4 Å². The standard InChI is InChI=1S/C25H34F3N3O2/c1-4-5-8-21(29-2)23(12-14-33-24(18-23)9-6-7-10-24)11-13-30-16-19-15-20(32-3)22(31-17-19)25(26,27)28/h4-5,8,15,17,30H,2,6-7,9-14,16,18H2,1,3H3. The number of ether oxygens (including phenoxy) is 2. The number of hydrogen-bond donors (Lipinski definition) is 1. The van der Waals surface area contributed by atoms with E-state index in [9.17, 15) is 13.2 Å². The number of allylic oxidation sites excluding steroid dienone is 4.